The third-order valence-corrected chi connectivity index (χ3v) is 4.72. The maximum absolute atomic E-state index is 12.5. The number of carbonyl (C=O) groups is 1. The predicted octanol–water partition coefficient (Wildman–Crippen LogP) is 3.28. The Balaban J connectivity index is 0.00000280. The molecule has 1 amide bonds. The number of hydrogen-bond acceptors (Lipinski definition) is 5. The monoisotopic (exact) mass is 406 g/mol. The van der Waals surface area contributed by atoms with Crippen LogP contribution in [0.25, 0.3) is 0 Å². The second kappa shape index (κ2) is 10.4. The number of rotatable bonds is 7. The van der Waals surface area contributed by atoms with E-state index in [-0.39, 0.29) is 18.3 Å². The van der Waals surface area contributed by atoms with Gasteiger partial charge in [0.25, 0.3) is 0 Å². The molecule has 3 N–H and O–H groups in total. The zero-order chi connectivity index (χ0) is 19.1. The van der Waals surface area contributed by atoms with Gasteiger partial charge in [0.1, 0.15) is 11.3 Å². The number of carbonyl (C=O) groups excluding carboxylic acids is 1. The minimum atomic E-state index is -0.862. The fourth-order valence-corrected chi connectivity index (χ4v) is 2.97. The summed E-state index contributed by atoms with van der Waals surface area (Å²) in [5.74, 6) is 0.659. The molecule has 0 bridgehead atoms. The van der Waals surface area contributed by atoms with Crippen molar-refractivity contribution in [2.75, 3.05) is 25.6 Å². The van der Waals surface area contributed by atoms with Crippen molar-refractivity contribution in [1.82, 2.24) is 0 Å². The first kappa shape index (κ1) is 22.2. The van der Waals surface area contributed by atoms with Crippen LogP contribution < -0.4 is 15.8 Å². The number of methoxy groups -OCH3 is 1. The van der Waals surface area contributed by atoms with Crippen molar-refractivity contribution in [2.24, 2.45) is 5.73 Å². The van der Waals surface area contributed by atoms with E-state index in [1.807, 2.05) is 48.5 Å². The number of benzene rings is 2. The highest BCUT2D eigenvalue weighted by Crippen LogP contribution is 2.21. The van der Waals surface area contributed by atoms with Crippen molar-refractivity contribution in [2.45, 2.75) is 31.6 Å². The normalized spacial score (nSPS) is 15.4. The summed E-state index contributed by atoms with van der Waals surface area (Å²) in [6.45, 7) is 2.00. The lowest BCUT2D eigenvalue weighted by Crippen LogP contribution is -2.54. The van der Waals surface area contributed by atoms with Gasteiger partial charge in [-0.05, 0) is 48.2 Å². The summed E-state index contributed by atoms with van der Waals surface area (Å²) in [5, 5.41) is 2.92. The van der Waals surface area contributed by atoms with E-state index in [1.165, 1.54) is 0 Å². The average Bonchev–Trinajstić information content (AvgIpc) is 2.69. The molecule has 0 saturated carbocycles. The number of nitrogens with two attached hydrogens (primary N) is 1. The first-order valence-electron chi connectivity index (χ1n) is 9.07. The molecule has 0 radical (unpaired) electrons. The Hall–Kier alpha value is -2.12. The van der Waals surface area contributed by atoms with Crippen molar-refractivity contribution >= 4 is 24.0 Å². The average molecular weight is 407 g/mol. The molecule has 0 atom stereocenters. The van der Waals surface area contributed by atoms with Crippen LogP contribution in [-0.2, 0) is 27.5 Å². The van der Waals surface area contributed by atoms with Crippen LogP contribution in [0.2, 0.25) is 0 Å². The minimum absolute atomic E-state index is 0. The Kier molecular flexibility index (Phi) is 8.26. The van der Waals surface area contributed by atoms with Crippen molar-refractivity contribution in [3.8, 4) is 5.75 Å². The maximum atomic E-state index is 12.5. The van der Waals surface area contributed by atoms with Gasteiger partial charge in [-0.25, -0.2) is 0 Å². The van der Waals surface area contributed by atoms with E-state index in [4.69, 9.17) is 19.9 Å². The van der Waals surface area contributed by atoms with Crippen LogP contribution in [-0.4, -0.2) is 31.8 Å². The first-order chi connectivity index (χ1) is 13.1. The SMILES string of the molecule is COc1ccc(COCc2cccc(NC(=O)C3(N)CCOCC3)c2)cc1.Cl. The van der Waals surface area contributed by atoms with E-state index in [1.54, 1.807) is 7.11 Å². The topological polar surface area (TPSA) is 82.8 Å². The molecule has 1 fully saturated rings. The predicted molar refractivity (Wildman–Crippen MR) is 111 cm³/mol. The second-order valence-electron chi connectivity index (χ2n) is 6.76. The number of nitrogens with one attached hydrogen (secondary N) is 1. The highest BCUT2D eigenvalue weighted by molar-refractivity contribution is 5.98. The molecule has 1 saturated heterocycles. The van der Waals surface area contributed by atoms with Gasteiger partial charge in [0, 0.05) is 18.9 Å². The third kappa shape index (κ3) is 5.94. The van der Waals surface area contributed by atoms with Crippen LogP contribution in [0.3, 0.4) is 0 Å². The van der Waals surface area contributed by atoms with Crippen LogP contribution in [0.1, 0.15) is 24.0 Å². The molecule has 152 valence electrons. The van der Waals surface area contributed by atoms with Gasteiger partial charge in [-0.15, -0.1) is 12.4 Å². The minimum Gasteiger partial charge on any atom is -0.497 e. The summed E-state index contributed by atoms with van der Waals surface area (Å²) in [5.41, 5.74) is 8.15. The van der Waals surface area contributed by atoms with Gasteiger partial charge < -0.3 is 25.3 Å². The Morgan fingerprint density at radius 2 is 1.79 bits per heavy atom. The lowest BCUT2D eigenvalue weighted by atomic mass is 9.90. The lowest BCUT2D eigenvalue weighted by molar-refractivity contribution is -0.124. The van der Waals surface area contributed by atoms with Crippen LogP contribution in [0.5, 0.6) is 5.75 Å². The molecule has 2 aromatic carbocycles. The number of anilines is 1. The number of ether oxygens (including phenoxy) is 3. The Morgan fingerprint density at radius 3 is 2.46 bits per heavy atom. The summed E-state index contributed by atoms with van der Waals surface area (Å²) >= 11 is 0. The van der Waals surface area contributed by atoms with Crippen molar-refractivity contribution < 1.29 is 19.0 Å². The summed E-state index contributed by atoms with van der Waals surface area (Å²) in [4.78, 5) is 12.5. The molecular weight excluding hydrogens is 380 g/mol. The largest absolute Gasteiger partial charge is 0.497 e. The number of amides is 1. The molecule has 3 rings (SSSR count). The molecule has 28 heavy (non-hydrogen) atoms. The summed E-state index contributed by atoms with van der Waals surface area (Å²) in [6, 6.07) is 15.4. The van der Waals surface area contributed by atoms with E-state index in [2.05, 4.69) is 5.32 Å². The molecule has 0 unspecified atom stereocenters. The fraction of sp³-hybridized carbons (Fsp3) is 0.381. The van der Waals surface area contributed by atoms with Gasteiger partial charge in [-0.1, -0.05) is 24.3 Å². The number of hydrogen-bond donors (Lipinski definition) is 2. The molecule has 7 heteroatoms. The zero-order valence-corrected chi connectivity index (χ0v) is 16.8. The van der Waals surface area contributed by atoms with E-state index in [0.29, 0.717) is 39.3 Å². The first-order valence-corrected chi connectivity index (χ1v) is 9.07. The van der Waals surface area contributed by atoms with Crippen LogP contribution in [0, 0.1) is 0 Å². The van der Waals surface area contributed by atoms with Gasteiger partial charge in [0.2, 0.25) is 5.91 Å². The van der Waals surface area contributed by atoms with E-state index in [9.17, 15) is 4.79 Å². The molecule has 0 spiro atoms. The molecule has 1 aliphatic rings. The van der Waals surface area contributed by atoms with Crippen LogP contribution in [0.4, 0.5) is 5.69 Å². The Morgan fingerprint density at radius 1 is 1.11 bits per heavy atom. The molecule has 2 aromatic rings. The highest BCUT2D eigenvalue weighted by Gasteiger charge is 2.35. The van der Waals surface area contributed by atoms with E-state index >= 15 is 0 Å². The van der Waals surface area contributed by atoms with Gasteiger partial charge in [0.05, 0.1) is 20.3 Å². The quantitative estimate of drug-likeness (QED) is 0.737. The molecule has 1 aliphatic heterocycles. The standard InChI is InChI=1S/C21H26N2O4.ClH/c1-25-19-7-5-16(6-8-19)14-27-15-17-3-2-4-18(13-17)23-20(24)21(22)9-11-26-12-10-21;/h2-8,13H,9-12,14-15,22H2,1H3,(H,23,24);1H. The number of halogens is 1. The lowest BCUT2D eigenvalue weighted by Gasteiger charge is -2.31. The van der Waals surface area contributed by atoms with Gasteiger partial charge >= 0.3 is 0 Å². The van der Waals surface area contributed by atoms with Crippen molar-refractivity contribution in [1.29, 1.82) is 0 Å². The van der Waals surface area contributed by atoms with Crippen LogP contribution in [0.15, 0.2) is 48.5 Å². The molecule has 1 heterocycles. The molecular formula is C21H27ClN2O4. The van der Waals surface area contributed by atoms with Gasteiger partial charge in [0.15, 0.2) is 0 Å². The summed E-state index contributed by atoms with van der Waals surface area (Å²) in [6.07, 6.45) is 1.06. The third-order valence-electron chi connectivity index (χ3n) is 4.72. The fourth-order valence-electron chi connectivity index (χ4n) is 2.97. The zero-order valence-electron chi connectivity index (χ0n) is 16.0. The Bertz CT molecular complexity index is 761. The van der Waals surface area contributed by atoms with Crippen molar-refractivity contribution in [3.63, 3.8) is 0 Å². The molecule has 6 nitrogen and oxygen atoms in total. The van der Waals surface area contributed by atoms with E-state index in [0.717, 1.165) is 22.6 Å². The molecule has 0 aliphatic carbocycles. The van der Waals surface area contributed by atoms with Gasteiger partial charge in [-0.2, -0.15) is 0 Å². The van der Waals surface area contributed by atoms with Gasteiger partial charge in [-0.3, -0.25) is 4.79 Å². The summed E-state index contributed by atoms with van der Waals surface area (Å²) < 4.78 is 16.2. The van der Waals surface area contributed by atoms with Crippen LogP contribution >= 0.6 is 12.4 Å². The maximum Gasteiger partial charge on any atom is 0.244 e. The highest BCUT2D eigenvalue weighted by atomic mass is 35.5. The second-order valence-corrected chi connectivity index (χ2v) is 6.76. The van der Waals surface area contributed by atoms with E-state index < -0.39 is 5.54 Å². The van der Waals surface area contributed by atoms with Crippen molar-refractivity contribution in [3.05, 3.63) is 59.7 Å². The smallest absolute Gasteiger partial charge is 0.244 e. The Labute approximate surface area is 171 Å². The summed E-state index contributed by atoms with van der Waals surface area (Å²) in [7, 11) is 1.64. The molecule has 0 aromatic heterocycles.